The zero-order valence-corrected chi connectivity index (χ0v) is 15.7. The molecule has 0 unspecified atom stereocenters. The second kappa shape index (κ2) is 6.79. The Morgan fingerprint density at radius 1 is 1.03 bits per heavy atom. The number of H-pyrrole nitrogens is 1. The van der Waals surface area contributed by atoms with Gasteiger partial charge in [0.15, 0.2) is 5.65 Å². The van der Waals surface area contributed by atoms with Gasteiger partial charge >= 0.3 is 0 Å². The van der Waals surface area contributed by atoms with Gasteiger partial charge in [0.1, 0.15) is 0 Å². The molecular weight excluding hydrogens is 364 g/mol. The topological polar surface area (TPSA) is 87.1 Å². The van der Waals surface area contributed by atoms with Crippen LogP contribution in [0.2, 0.25) is 0 Å². The largest absolute Gasteiger partial charge is 0.361 e. The minimum Gasteiger partial charge on any atom is -0.361 e. The maximum atomic E-state index is 11.1. The highest BCUT2D eigenvalue weighted by atomic mass is 16.1. The molecule has 7 heteroatoms. The van der Waals surface area contributed by atoms with E-state index in [1.807, 2.05) is 48.8 Å². The second-order valence-electron chi connectivity index (χ2n) is 6.79. The predicted molar refractivity (Wildman–Crippen MR) is 114 cm³/mol. The lowest BCUT2D eigenvalue weighted by Gasteiger charge is -2.04. The van der Waals surface area contributed by atoms with Crippen LogP contribution in [0.15, 0.2) is 73.1 Å². The maximum absolute atomic E-state index is 11.1. The number of nitrogens with zero attached hydrogens (tertiary/aromatic N) is 3. The SMILES string of the molecule is CC(=O)Nc1ccc(Nc2nc3c(-c4ccc5[nH]ccc5c4)cccn3n2)cc1. The van der Waals surface area contributed by atoms with Crippen LogP contribution >= 0.6 is 0 Å². The first-order chi connectivity index (χ1) is 14.2. The number of amides is 1. The summed E-state index contributed by atoms with van der Waals surface area (Å²) in [7, 11) is 0. The van der Waals surface area contributed by atoms with Crippen LogP contribution in [0.25, 0.3) is 27.7 Å². The molecular formula is C22H18N6O. The molecule has 142 valence electrons. The van der Waals surface area contributed by atoms with E-state index in [1.54, 1.807) is 4.52 Å². The van der Waals surface area contributed by atoms with Crippen LogP contribution in [0.4, 0.5) is 17.3 Å². The number of carbonyl (C=O) groups excluding carboxylic acids is 1. The van der Waals surface area contributed by atoms with Gasteiger partial charge in [0.2, 0.25) is 11.9 Å². The third-order valence-electron chi connectivity index (χ3n) is 4.69. The third-order valence-corrected chi connectivity index (χ3v) is 4.69. The van der Waals surface area contributed by atoms with E-state index in [0.29, 0.717) is 5.95 Å². The van der Waals surface area contributed by atoms with E-state index in [-0.39, 0.29) is 5.91 Å². The Morgan fingerprint density at radius 2 is 1.86 bits per heavy atom. The van der Waals surface area contributed by atoms with E-state index in [1.165, 1.54) is 6.92 Å². The summed E-state index contributed by atoms with van der Waals surface area (Å²) in [5.74, 6) is 0.408. The Morgan fingerprint density at radius 3 is 2.69 bits per heavy atom. The Labute approximate surface area is 166 Å². The summed E-state index contributed by atoms with van der Waals surface area (Å²) in [6.45, 7) is 1.48. The van der Waals surface area contributed by atoms with Gasteiger partial charge in [0.05, 0.1) is 0 Å². The molecule has 2 aromatic carbocycles. The van der Waals surface area contributed by atoms with Crippen LogP contribution in [-0.2, 0) is 4.79 Å². The second-order valence-corrected chi connectivity index (χ2v) is 6.79. The molecule has 1 amide bonds. The van der Waals surface area contributed by atoms with Crippen LogP contribution in [0, 0.1) is 0 Å². The summed E-state index contributed by atoms with van der Waals surface area (Å²) in [6.07, 6.45) is 3.82. The van der Waals surface area contributed by atoms with Gasteiger partial charge in [0, 0.05) is 41.8 Å². The summed E-state index contributed by atoms with van der Waals surface area (Å²) in [4.78, 5) is 19.0. The highest BCUT2D eigenvalue weighted by molar-refractivity contribution is 5.89. The molecule has 0 aliphatic rings. The van der Waals surface area contributed by atoms with Crippen molar-refractivity contribution >= 4 is 39.8 Å². The Balaban J connectivity index is 1.47. The van der Waals surface area contributed by atoms with Gasteiger partial charge in [-0.25, -0.2) is 4.52 Å². The summed E-state index contributed by atoms with van der Waals surface area (Å²) >= 11 is 0. The molecule has 29 heavy (non-hydrogen) atoms. The van der Waals surface area contributed by atoms with Gasteiger partial charge in [-0.1, -0.05) is 6.07 Å². The quantitative estimate of drug-likeness (QED) is 0.425. The van der Waals surface area contributed by atoms with Crippen LogP contribution in [-0.4, -0.2) is 25.5 Å². The molecule has 0 aliphatic heterocycles. The average Bonchev–Trinajstić information content (AvgIpc) is 3.34. The molecule has 0 radical (unpaired) electrons. The van der Waals surface area contributed by atoms with Gasteiger partial charge in [-0.3, -0.25) is 4.79 Å². The maximum Gasteiger partial charge on any atom is 0.247 e. The van der Waals surface area contributed by atoms with Crippen molar-refractivity contribution in [3.8, 4) is 11.1 Å². The highest BCUT2D eigenvalue weighted by Gasteiger charge is 2.11. The molecule has 3 N–H and O–H groups in total. The Kier molecular flexibility index (Phi) is 3.98. The molecule has 0 bridgehead atoms. The first-order valence-electron chi connectivity index (χ1n) is 9.23. The van der Waals surface area contributed by atoms with Gasteiger partial charge in [0.25, 0.3) is 0 Å². The lowest BCUT2D eigenvalue weighted by molar-refractivity contribution is -0.114. The van der Waals surface area contributed by atoms with Crippen LogP contribution in [0.1, 0.15) is 6.92 Å². The van der Waals surface area contributed by atoms with Crippen molar-refractivity contribution in [1.82, 2.24) is 19.6 Å². The fourth-order valence-corrected chi connectivity index (χ4v) is 3.37. The van der Waals surface area contributed by atoms with Gasteiger partial charge in [-0.2, -0.15) is 4.98 Å². The normalized spacial score (nSPS) is 11.1. The predicted octanol–water partition coefficient (Wildman–Crippen LogP) is 4.58. The highest BCUT2D eigenvalue weighted by Crippen LogP contribution is 2.28. The molecule has 7 nitrogen and oxygen atoms in total. The molecule has 0 fully saturated rings. The number of hydrogen-bond acceptors (Lipinski definition) is 4. The smallest absolute Gasteiger partial charge is 0.247 e. The van der Waals surface area contributed by atoms with E-state index < -0.39 is 0 Å². The van der Waals surface area contributed by atoms with E-state index in [4.69, 9.17) is 0 Å². The number of anilines is 3. The van der Waals surface area contributed by atoms with Gasteiger partial charge in [-0.05, 0) is 65.5 Å². The summed E-state index contributed by atoms with van der Waals surface area (Å²) in [6, 6.07) is 19.8. The standard InChI is InChI=1S/C22H18N6O/c1-14(29)24-17-5-7-18(8-6-17)25-22-26-21-19(3-2-12-28(21)27-22)15-4-9-20-16(13-15)10-11-23-20/h2-13,23H,1H3,(H,24,29)(H,25,27). The first kappa shape index (κ1) is 17.0. The molecule has 5 rings (SSSR count). The Hall–Kier alpha value is -4.13. The summed E-state index contributed by atoms with van der Waals surface area (Å²) in [5.41, 5.74) is 5.56. The first-order valence-corrected chi connectivity index (χ1v) is 9.23. The fraction of sp³-hybridized carbons (Fsp3) is 0.0455. The number of benzene rings is 2. The lowest BCUT2D eigenvalue weighted by atomic mass is 10.1. The minimum atomic E-state index is -0.0990. The van der Waals surface area contributed by atoms with E-state index in [2.05, 4.69) is 50.0 Å². The van der Waals surface area contributed by atoms with Crippen LogP contribution < -0.4 is 10.6 Å². The van der Waals surface area contributed by atoms with Gasteiger partial charge < -0.3 is 15.6 Å². The molecule has 0 aliphatic carbocycles. The van der Waals surface area contributed by atoms with Crippen molar-refractivity contribution in [3.05, 3.63) is 73.1 Å². The van der Waals surface area contributed by atoms with Crippen molar-refractivity contribution in [2.24, 2.45) is 0 Å². The van der Waals surface area contributed by atoms with Crippen molar-refractivity contribution in [2.45, 2.75) is 6.92 Å². The van der Waals surface area contributed by atoms with Crippen LogP contribution in [0.3, 0.4) is 0 Å². The number of hydrogen-bond donors (Lipinski definition) is 3. The summed E-state index contributed by atoms with van der Waals surface area (Å²) in [5, 5.41) is 11.7. The third kappa shape index (κ3) is 3.29. The zero-order valence-electron chi connectivity index (χ0n) is 15.7. The molecule has 5 aromatic rings. The average molecular weight is 382 g/mol. The molecule has 3 aromatic heterocycles. The number of aromatic nitrogens is 4. The number of pyridine rings is 1. The molecule has 0 saturated heterocycles. The zero-order chi connectivity index (χ0) is 19.8. The molecule has 3 heterocycles. The van der Waals surface area contributed by atoms with E-state index in [9.17, 15) is 4.79 Å². The van der Waals surface area contributed by atoms with Crippen LogP contribution in [0.5, 0.6) is 0 Å². The molecule has 0 atom stereocenters. The number of fused-ring (bicyclic) bond motifs is 2. The number of rotatable bonds is 4. The van der Waals surface area contributed by atoms with Crippen molar-refractivity contribution in [1.29, 1.82) is 0 Å². The number of carbonyl (C=O) groups is 1. The van der Waals surface area contributed by atoms with Crippen molar-refractivity contribution in [2.75, 3.05) is 10.6 Å². The summed E-state index contributed by atoms with van der Waals surface area (Å²) < 4.78 is 1.77. The minimum absolute atomic E-state index is 0.0990. The van der Waals surface area contributed by atoms with Crippen molar-refractivity contribution < 1.29 is 4.79 Å². The van der Waals surface area contributed by atoms with E-state index >= 15 is 0 Å². The Bertz CT molecular complexity index is 1330. The monoisotopic (exact) mass is 382 g/mol. The number of nitrogens with one attached hydrogen (secondary N) is 3. The molecule has 0 saturated carbocycles. The number of aromatic amines is 1. The lowest BCUT2D eigenvalue weighted by Crippen LogP contribution is -2.05. The fourth-order valence-electron chi connectivity index (χ4n) is 3.37. The molecule has 0 spiro atoms. The van der Waals surface area contributed by atoms with E-state index in [0.717, 1.165) is 39.1 Å². The van der Waals surface area contributed by atoms with Gasteiger partial charge in [-0.15, -0.1) is 5.10 Å². The van der Waals surface area contributed by atoms with Crippen molar-refractivity contribution in [3.63, 3.8) is 0 Å².